The van der Waals surface area contributed by atoms with Crippen LogP contribution in [0, 0.1) is 0 Å². The lowest BCUT2D eigenvalue weighted by atomic mass is 9.90. The third kappa shape index (κ3) is 3.28. The Morgan fingerprint density at radius 2 is 2.16 bits per heavy atom. The van der Waals surface area contributed by atoms with Crippen molar-refractivity contribution in [3.8, 4) is 0 Å². The molecule has 1 heterocycles. The second-order valence-electron chi connectivity index (χ2n) is 4.61. The standard InChI is InChI=1S/C13H15BrClNO3/c14-10-3-1-2-9(11(10)15)12(18)16-13(8-17)4-6-19-7-5-13/h1-3,17H,4-8H2,(H,16,18). The Kier molecular flexibility index (Phi) is 4.84. The first-order chi connectivity index (χ1) is 9.08. The Hall–Kier alpha value is -0.620. The van der Waals surface area contributed by atoms with Crippen molar-refractivity contribution in [2.45, 2.75) is 18.4 Å². The molecule has 1 aromatic rings. The minimum Gasteiger partial charge on any atom is -0.394 e. The zero-order valence-electron chi connectivity index (χ0n) is 10.3. The van der Waals surface area contributed by atoms with Gasteiger partial charge >= 0.3 is 0 Å². The lowest BCUT2D eigenvalue weighted by Crippen LogP contribution is -2.54. The average molecular weight is 349 g/mol. The van der Waals surface area contributed by atoms with Gasteiger partial charge in [0.25, 0.3) is 5.91 Å². The summed E-state index contributed by atoms with van der Waals surface area (Å²) in [6.45, 7) is 0.966. The van der Waals surface area contributed by atoms with Crippen LogP contribution in [0.25, 0.3) is 0 Å². The number of nitrogens with one attached hydrogen (secondary N) is 1. The van der Waals surface area contributed by atoms with Crippen LogP contribution in [-0.2, 0) is 4.74 Å². The second-order valence-corrected chi connectivity index (χ2v) is 5.84. The number of aliphatic hydroxyl groups is 1. The van der Waals surface area contributed by atoms with Gasteiger partial charge in [-0.25, -0.2) is 0 Å². The Morgan fingerprint density at radius 3 is 2.79 bits per heavy atom. The summed E-state index contributed by atoms with van der Waals surface area (Å²) < 4.78 is 5.93. The molecule has 0 saturated carbocycles. The molecule has 6 heteroatoms. The number of amides is 1. The van der Waals surface area contributed by atoms with E-state index in [1.165, 1.54) is 0 Å². The van der Waals surface area contributed by atoms with E-state index in [2.05, 4.69) is 21.2 Å². The maximum absolute atomic E-state index is 12.3. The van der Waals surface area contributed by atoms with Gasteiger partial charge in [0, 0.05) is 17.7 Å². The number of rotatable bonds is 3. The van der Waals surface area contributed by atoms with Gasteiger partial charge in [0.1, 0.15) is 0 Å². The van der Waals surface area contributed by atoms with Crippen molar-refractivity contribution in [1.82, 2.24) is 5.32 Å². The molecule has 2 N–H and O–H groups in total. The molecule has 1 fully saturated rings. The number of hydrogen-bond acceptors (Lipinski definition) is 3. The smallest absolute Gasteiger partial charge is 0.253 e. The number of halogens is 2. The van der Waals surface area contributed by atoms with Crippen LogP contribution in [0.1, 0.15) is 23.2 Å². The molecule has 0 unspecified atom stereocenters. The molecular weight excluding hydrogens is 334 g/mol. The molecule has 0 radical (unpaired) electrons. The fourth-order valence-corrected chi connectivity index (χ4v) is 2.65. The summed E-state index contributed by atoms with van der Waals surface area (Å²) in [5.74, 6) is -0.276. The maximum atomic E-state index is 12.3. The normalized spacial score (nSPS) is 18.1. The quantitative estimate of drug-likeness (QED) is 0.882. The molecule has 19 heavy (non-hydrogen) atoms. The van der Waals surface area contributed by atoms with E-state index < -0.39 is 5.54 Å². The van der Waals surface area contributed by atoms with Crippen LogP contribution in [0.15, 0.2) is 22.7 Å². The van der Waals surface area contributed by atoms with Crippen molar-refractivity contribution in [1.29, 1.82) is 0 Å². The highest BCUT2D eigenvalue weighted by Crippen LogP contribution is 2.27. The van der Waals surface area contributed by atoms with E-state index in [9.17, 15) is 9.90 Å². The van der Waals surface area contributed by atoms with Crippen LogP contribution in [0.5, 0.6) is 0 Å². The molecule has 0 aliphatic carbocycles. The summed E-state index contributed by atoms with van der Waals surface area (Å²) in [6.07, 6.45) is 1.20. The van der Waals surface area contributed by atoms with Gasteiger partial charge in [0.15, 0.2) is 0 Å². The highest BCUT2D eigenvalue weighted by molar-refractivity contribution is 9.10. The summed E-state index contributed by atoms with van der Waals surface area (Å²) in [6, 6.07) is 5.18. The third-order valence-electron chi connectivity index (χ3n) is 3.33. The summed E-state index contributed by atoms with van der Waals surface area (Å²) >= 11 is 9.39. The highest BCUT2D eigenvalue weighted by atomic mass is 79.9. The van der Waals surface area contributed by atoms with E-state index in [4.69, 9.17) is 16.3 Å². The van der Waals surface area contributed by atoms with Gasteiger partial charge in [0.2, 0.25) is 0 Å². The molecule has 1 aliphatic rings. The molecular formula is C13H15BrClNO3. The monoisotopic (exact) mass is 347 g/mol. The summed E-state index contributed by atoms with van der Waals surface area (Å²) in [4.78, 5) is 12.3. The van der Waals surface area contributed by atoms with Crippen molar-refractivity contribution in [3.63, 3.8) is 0 Å². The van der Waals surface area contributed by atoms with E-state index in [0.717, 1.165) is 0 Å². The van der Waals surface area contributed by atoms with E-state index in [1.54, 1.807) is 18.2 Å². The highest BCUT2D eigenvalue weighted by Gasteiger charge is 2.34. The van der Waals surface area contributed by atoms with Crippen LogP contribution in [0.3, 0.4) is 0 Å². The van der Waals surface area contributed by atoms with Gasteiger partial charge in [-0.1, -0.05) is 17.7 Å². The van der Waals surface area contributed by atoms with Crippen molar-refractivity contribution < 1.29 is 14.6 Å². The predicted octanol–water partition coefficient (Wildman–Crippen LogP) is 2.37. The van der Waals surface area contributed by atoms with Gasteiger partial charge in [-0.15, -0.1) is 0 Å². The van der Waals surface area contributed by atoms with Gasteiger partial charge in [-0.3, -0.25) is 4.79 Å². The minimum atomic E-state index is -0.610. The number of ether oxygens (including phenoxy) is 1. The Balaban J connectivity index is 2.17. The number of carbonyl (C=O) groups excluding carboxylic acids is 1. The molecule has 0 atom stereocenters. The minimum absolute atomic E-state index is 0.103. The van der Waals surface area contributed by atoms with E-state index in [-0.39, 0.29) is 12.5 Å². The molecule has 1 saturated heterocycles. The fourth-order valence-electron chi connectivity index (χ4n) is 2.07. The first kappa shape index (κ1) is 14.8. The zero-order chi connectivity index (χ0) is 13.9. The second kappa shape index (κ2) is 6.22. The third-order valence-corrected chi connectivity index (χ3v) is 4.62. The van der Waals surface area contributed by atoms with E-state index in [1.807, 2.05) is 0 Å². The first-order valence-electron chi connectivity index (χ1n) is 6.03. The molecule has 4 nitrogen and oxygen atoms in total. The van der Waals surface area contributed by atoms with E-state index in [0.29, 0.717) is 41.1 Å². The maximum Gasteiger partial charge on any atom is 0.253 e. The van der Waals surface area contributed by atoms with Crippen LogP contribution < -0.4 is 5.32 Å². The lowest BCUT2D eigenvalue weighted by Gasteiger charge is -2.36. The zero-order valence-corrected chi connectivity index (χ0v) is 12.6. The molecule has 1 aliphatic heterocycles. The van der Waals surface area contributed by atoms with Crippen LogP contribution in [0.4, 0.5) is 0 Å². The number of aliphatic hydroxyl groups excluding tert-OH is 1. The topological polar surface area (TPSA) is 58.6 Å². The number of carbonyl (C=O) groups is 1. The molecule has 2 rings (SSSR count). The van der Waals surface area contributed by atoms with Gasteiger partial charge in [-0.2, -0.15) is 0 Å². The van der Waals surface area contributed by atoms with Crippen LogP contribution in [-0.4, -0.2) is 36.4 Å². The Morgan fingerprint density at radius 1 is 1.47 bits per heavy atom. The van der Waals surface area contributed by atoms with Crippen molar-refractivity contribution in [2.75, 3.05) is 19.8 Å². The predicted molar refractivity (Wildman–Crippen MR) is 76.5 cm³/mol. The van der Waals surface area contributed by atoms with Crippen molar-refractivity contribution >= 4 is 33.4 Å². The molecule has 1 amide bonds. The van der Waals surface area contributed by atoms with E-state index >= 15 is 0 Å². The molecule has 0 spiro atoms. The molecule has 0 bridgehead atoms. The van der Waals surface area contributed by atoms with Crippen molar-refractivity contribution in [2.24, 2.45) is 0 Å². The van der Waals surface area contributed by atoms with Crippen molar-refractivity contribution in [3.05, 3.63) is 33.3 Å². The fraction of sp³-hybridized carbons (Fsp3) is 0.462. The summed E-state index contributed by atoms with van der Waals surface area (Å²) in [7, 11) is 0. The largest absolute Gasteiger partial charge is 0.394 e. The van der Waals surface area contributed by atoms with Gasteiger partial charge in [-0.05, 0) is 40.9 Å². The average Bonchev–Trinajstić information content (AvgIpc) is 2.42. The summed E-state index contributed by atoms with van der Waals surface area (Å²) in [5.41, 5.74) is -0.212. The Bertz CT molecular complexity index is 475. The number of hydrogen-bond donors (Lipinski definition) is 2. The first-order valence-corrected chi connectivity index (χ1v) is 7.20. The van der Waals surface area contributed by atoms with Crippen LogP contribution in [0.2, 0.25) is 5.02 Å². The van der Waals surface area contributed by atoms with Gasteiger partial charge in [0.05, 0.1) is 22.7 Å². The van der Waals surface area contributed by atoms with Gasteiger partial charge < -0.3 is 15.2 Å². The number of benzene rings is 1. The van der Waals surface area contributed by atoms with Crippen LogP contribution >= 0.6 is 27.5 Å². The Labute approximate surface area is 125 Å². The summed E-state index contributed by atoms with van der Waals surface area (Å²) in [5, 5.41) is 12.8. The molecule has 0 aromatic heterocycles. The molecule has 104 valence electrons. The molecule has 1 aromatic carbocycles. The lowest BCUT2D eigenvalue weighted by molar-refractivity contribution is 0.0125. The SMILES string of the molecule is O=C(NC1(CO)CCOCC1)c1cccc(Br)c1Cl.